The summed E-state index contributed by atoms with van der Waals surface area (Å²) in [7, 11) is 0. The Bertz CT molecular complexity index is 2380. The molecule has 1 spiro atoms. The lowest BCUT2D eigenvalue weighted by Gasteiger charge is -2.45. The van der Waals surface area contributed by atoms with Gasteiger partial charge in [-0.2, -0.15) is 0 Å². The van der Waals surface area contributed by atoms with E-state index in [4.69, 9.17) is 4.98 Å². The number of hydrogen-bond donors (Lipinski definition) is 0. The summed E-state index contributed by atoms with van der Waals surface area (Å²) in [5, 5.41) is 0. The minimum atomic E-state index is -0.410. The van der Waals surface area contributed by atoms with Crippen LogP contribution in [0.15, 0.2) is 194 Å². The number of hydrogen-bond acceptors (Lipinski definition) is 2. The standard InChI is InChI=1S/C48H32N2/c1-3-15-33(16-4-1)36-31-44(34-17-5-2-6-18-34)49-45(32-36)35-27-29-37(30-28-35)50-46-25-13-11-23-42(46)48(43-24-12-14-26-47(43)50)40-21-9-7-19-38(40)39-20-8-10-22-41(39)48/h1-32H. The first-order chi connectivity index (χ1) is 24.8. The van der Waals surface area contributed by atoms with Crippen molar-refractivity contribution >= 4 is 17.1 Å². The van der Waals surface area contributed by atoms with Crippen LogP contribution >= 0.6 is 0 Å². The summed E-state index contributed by atoms with van der Waals surface area (Å²) in [6.07, 6.45) is 0. The highest BCUT2D eigenvalue weighted by Gasteiger charge is 2.51. The SMILES string of the molecule is c1ccc(-c2cc(-c3ccccc3)nc(-c3ccc(N4c5ccccc5C5(c6ccccc6-c6ccccc65)c5ccccc54)cc3)c2)cc1. The van der Waals surface area contributed by atoms with Gasteiger partial charge in [0.2, 0.25) is 0 Å². The molecule has 2 heterocycles. The van der Waals surface area contributed by atoms with Crippen molar-refractivity contribution in [2.45, 2.75) is 5.41 Å². The summed E-state index contributed by atoms with van der Waals surface area (Å²) in [6, 6.07) is 70.2. The highest BCUT2D eigenvalue weighted by molar-refractivity contribution is 5.96. The van der Waals surface area contributed by atoms with E-state index in [0.29, 0.717) is 0 Å². The van der Waals surface area contributed by atoms with Gasteiger partial charge >= 0.3 is 0 Å². The van der Waals surface area contributed by atoms with Crippen LogP contribution in [0.4, 0.5) is 17.1 Å². The highest BCUT2D eigenvalue weighted by Crippen LogP contribution is 2.63. The van der Waals surface area contributed by atoms with Gasteiger partial charge in [0.25, 0.3) is 0 Å². The van der Waals surface area contributed by atoms with E-state index in [1.807, 2.05) is 6.07 Å². The van der Waals surface area contributed by atoms with Crippen molar-refractivity contribution in [3.05, 3.63) is 216 Å². The summed E-state index contributed by atoms with van der Waals surface area (Å²) in [6.45, 7) is 0. The summed E-state index contributed by atoms with van der Waals surface area (Å²) < 4.78 is 0. The zero-order chi connectivity index (χ0) is 33.1. The molecule has 0 fully saturated rings. The fourth-order valence-electron chi connectivity index (χ4n) is 8.35. The molecule has 1 aliphatic heterocycles. The molecule has 1 aliphatic carbocycles. The Hall–Kier alpha value is -6.51. The van der Waals surface area contributed by atoms with Crippen LogP contribution in [-0.4, -0.2) is 4.98 Å². The molecule has 0 atom stereocenters. The Morgan fingerprint density at radius 3 is 1.30 bits per heavy atom. The van der Waals surface area contributed by atoms with Gasteiger partial charge in [0.05, 0.1) is 28.2 Å². The third-order valence-electron chi connectivity index (χ3n) is 10.5. The first kappa shape index (κ1) is 28.5. The predicted molar refractivity (Wildman–Crippen MR) is 206 cm³/mol. The minimum Gasteiger partial charge on any atom is -0.310 e. The van der Waals surface area contributed by atoms with Crippen LogP contribution in [0.5, 0.6) is 0 Å². The number of pyridine rings is 1. The van der Waals surface area contributed by atoms with Crippen LogP contribution in [0.25, 0.3) is 44.8 Å². The van der Waals surface area contributed by atoms with Crippen molar-refractivity contribution < 1.29 is 0 Å². The van der Waals surface area contributed by atoms with Gasteiger partial charge in [0.1, 0.15) is 0 Å². The molecule has 0 radical (unpaired) electrons. The maximum atomic E-state index is 5.19. The van der Waals surface area contributed by atoms with E-state index >= 15 is 0 Å². The zero-order valence-corrected chi connectivity index (χ0v) is 27.4. The second kappa shape index (κ2) is 11.3. The predicted octanol–water partition coefficient (Wildman–Crippen LogP) is 12.2. The van der Waals surface area contributed by atoms with Crippen LogP contribution in [0.2, 0.25) is 0 Å². The molecule has 0 N–H and O–H groups in total. The first-order valence-electron chi connectivity index (χ1n) is 17.2. The molecule has 0 bridgehead atoms. The van der Waals surface area contributed by atoms with E-state index in [9.17, 15) is 0 Å². The average Bonchev–Trinajstić information content (AvgIpc) is 3.49. The summed E-state index contributed by atoms with van der Waals surface area (Å²) in [4.78, 5) is 7.63. The average molecular weight is 637 g/mol. The number of para-hydroxylation sites is 2. The smallest absolute Gasteiger partial charge is 0.0754 e. The van der Waals surface area contributed by atoms with Gasteiger partial charge in [-0.3, -0.25) is 0 Å². The quantitative estimate of drug-likeness (QED) is 0.191. The van der Waals surface area contributed by atoms with E-state index in [-0.39, 0.29) is 0 Å². The second-order valence-electron chi connectivity index (χ2n) is 13.1. The van der Waals surface area contributed by atoms with Gasteiger partial charge in [-0.05, 0) is 80.9 Å². The molecule has 1 aromatic heterocycles. The Labute approximate surface area is 292 Å². The lowest BCUT2D eigenvalue weighted by molar-refractivity contribution is 0.752. The molecule has 2 nitrogen and oxygen atoms in total. The fraction of sp³-hybridized carbons (Fsp3) is 0.0208. The summed E-state index contributed by atoms with van der Waals surface area (Å²) in [5.41, 5.74) is 17.4. The molecular weight excluding hydrogens is 605 g/mol. The maximum Gasteiger partial charge on any atom is 0.0754 e. The van der Waals surface area contributed by atoms with E-state index in [1.54, 1.807) is 0 Å². The molecule has 0 amide bonds. The Morgan fingerprint density at radius 1 is 0.340 bits per heavy atom. The zero-order valence-electron chi connectivity index (χ0n) is 27.4. The molecule has 0 unspecified atom stereocenters. The van der Waals surface area contributed by atoms with Crippen LogP contribution in [0, 0.1) is 0 Å². The molecule has 0 saturated heterocycles. The first-order valence-corrected chi connectivity index (χ1v) is 17.2. The van der Waals surface area contributed by atoms with E-state index in [0.717, 1.165) is 33.8 Å². The summed E-state index contributed by atoms with van der Waals surface area (Å²) in [5.74, 6) is 0. The number of anilines is 3. The molecule has 2 heteroatoms. The van der Waals surface area contributed by atoms with E-state index < -0.39 is 5.41 Å². The van der Waals surface area contributed by atoms with Crippen LogP contribution < -0.4 is 4.90 Å². The van der Waals surface area contributed by atoms with Crippen molar-refractivity contribution in [3.63, 3.8) is 0 Å². The molecule has 0 saturated carbocycles. The lowest BCUT2D eigenvalue weighted by Crippen LogP contribution is -2.36. The van der Waals surface area contributed by atoms with Gasteiger partial charge in [-0.25, -0.2) is 4.98 Å². The largest absolute Gasteiger partial charge is 0.310 e. The van der Waals surface area contributed by atoms with Crippen molar-refractivity contribution in [2.24, 2.45) is 0 Å². The van der Waals surface area contributed by atoms with Crippen molar-refractivity contribution in [3.8, 4) is 44.8 Å². The van der Waals surface area contributed by atoms with Crippen LogP contribution in [0.3, 0.4) is 0 Å². The number of fused-ring (bicyclic) bond motifs is 9. The minimum absolute atomic E-state index is 0.410. The third kappa shape index (κ3) is 4.18. The molecule has 8 aromatic rings. The third-order valence-corrected chi connectivity index (χ3v) is 10.5. The van der Waals surface area contributed by atoms with E-state index in [2.05, 4.69) is 193 Å². The van der Waals surface area contributed by atoms with Gasteiger partial charge in [0, 0.05) is 16.8 Å². The van der Waals surface area contributed by atoms with Gasteiger partial charge in [-0.15, -0.1) is 0 Å². The number of rotatable bonds is 4. The molecule has 7 aromatic carbocycles. The van der Waals surface area contributed by atoms with E-state index in [1.165, 1.54) is 50.3 Å². The number of nitrogens with zero attached hydrogens (tertiary/aromatic N) is 2. The second-order valence-corrected chi connectivity index (χ2v) is 13.1. The highest BCUT2D eigenvalue weighted by atomic mass is 15.2. The van der Waals surface area contributed by atoms with Gasteiger partial charge in [0.15, 0.2) is 0 Å². The Morgan fingerprint density at radius 2 is 0.760 bits per heavy atom. The van der Waals surface area contributed by atoms with Crippen LogP contribution in [0.1, 0.15) is 22.3 Å². The molecule has 2 aliphatic rings. The Balaban J connectivity index is 1.13. The lowest BCUT2D eigenvalue weighted by atomic mass is 9.64. The number of aromatic nitrogens is 1. The Kier molecular flexibility index (Phi) is 6.43. The summed E-state index contributed by atoms with van der Waals surface area (Å²) >= 11 is 0. The molecule has 234 valence electrons. The monoisotopic (exact) mass is 636 g/mol. The maximum absolute atomic E-state index is 5.19. The molecule has 10 rings (SSSR count). The normalized spacial score (nSPS) is 13.3. The number of benzene rings is 7. The molecular formula is C48H32N2. The van der Waals surface area contributed by atoms with Crippen molar-refractivity contribution in [2.75, 3.05) is 4.90 Å². The fourth-order valence-corrected chi connectivity index (χ4v) is 8.35. The van der Waals surface area contributed by atoms with Crippen LogP contribution in [-0.2, 0) is 5.41 Å². The topological polar surface area (TPSA) is 16.1 Å². The molecule has 50 heavy (non-hydrogen) atoms. The van der Waals surface area contributed by atoms with Crippen molar-refractivity contribution in [1.29, 1.82) is 0 Å². The van der Waals surface area contributed by atoms with Gasteiger partial charge in [-0.1, -0.05) is 158 Å². The van der Waals surface area contributed by atoms with Gasteiger partial charge < -0.3 is 4.90 Å². The van der Waals surface area contributed by atoms with Crippen molar-refractivity contribution in [1.82, 2.24) is 4.98 Å².